The van der Waals surface area contributed by atoms with E-state index in [1.165, 1.54) is 11.8 Å². The average molecular weight is 342 g/mol. The summed E-state index contributed by atoms with van der Waals surface area (Å²) < 4.78 is 0. The molecule has 0 saturated heterocycles. The van der Waals surface area contributed by atoms with E-state index in [0.29, 0.717) is 22.8 Å². The fraction of sp³-hybridized carbons (Fsp3) is 0.167. The Morgan fingerprint density at radius 3 is 2.46 bits per heavy atom. The van der Waals surface area contributed by atoms with Crippen molar-refractivity contribution in [2.45, 2.75) is 13.5 Å². The molecule has 122 valence electrons. The van der Waals surface area contributed by atoms with Crippen LogP contribution in [0.3, 0.4) is 0 Å². The van der Waals surface area contributed by atoms with Crippen LogP contribution in [0.2, 0.25) is 5.02 Å². The van der Waals surface area contributed by atoms with E-state index in [1.807, 2.05) is 6.07 Å². The second-order valence-electron chi connectivity index (χ2n) is 5.21. The molecular formula is C18H16ClN3O2. The number of para-hydroxylation sites is 1. The largest absolute Gasteiger partial charge is 0.329 e. The van der Waals surface area contributed by atoms with Crippen LogP contribution in [0.15, 0.2) is 48.5 Å². The maximum absolute atomic E-state index is 12.2. The van der Waals surface area contributed by atoms with Gasteiger partial charge < -0.3 is 10.2 Å². The number of carbonyl (C=O) groups is 2. The molecule has 0 aliphatic carbocycles. The molecule has 2 amide bonds. The second kappa shape index (κ2) is 8.14. The van der Waals surface area contributed by atoms with Crippen molar-refractivity contribution in [1.82, 2.24) is 4.90 Å². The standard InChI is InChI=1S/C18H16ClN3O2/c1-13(23)22(11-14-6-8-16(19)9-7-14)12-18(24)21-17-5-3-2-4-15(17)10-20/h2-9H,11-12H2,1H3,(H,21,24). The van der Waals surface area contributed by atoms with Gasteiger partial charge in [-0.1, -0.05) is 35.9 Å². The SMILES string of the molecule is CC(=O)N(CC(=O)Nc1ccccc1C#N)Cc1ccc(Cl)cc1. The number of nitrogens with one attached hydrogen (secondary N) is 1. The number of anilines is 1. The summed E-state index contributed by atoms with van der Waals surface area (Å²) in [5.74, 6) is -0.574. The average Bonchev–Trinajstić information content (AvgIpc) is 2.56. The Morgan fingerprint density at radius 2 is 1.83 bits per heavy atom. The van der Waals surface area contributed by atoms with E-state index in [4.69, 9.17) is 16.9 Å². The van der Waals surface area contributed by atoms with Crippen LogP contribution in [0.5, 0.6) is 0 Å². The van der Waals surface area contributed by atoms with Crippen molar-refractivity contribution in [1.29, 1.82) is 5.26 Å². The molecule has 2 aromatic carbocycles. The first-order chi connectivity index (χ1) is 11.5. The molecule has 0 aliphatic heterocycles. The molecule has 5 nitrogen and oxygen atoms in total. The van der Waals surface area contributed by atoms with Gasteiger partial charge in [-0.05, 0) is 29.8 Å². The normalized spacial score (nSPS) is 9.88. The minimum absolute atomic E-state index is 0.0995. The molecule has 0 bridgehead atoms. The van der Waals surface area contributed by atoms with Gasteiger partial charge in [0, 0.05) is 18.5 Å². The van der Waals surface area contributed by atoms with Gasteiger partial charge in [-0.2, -0.15) is 5.26 Å². The summed E-state index contributed by atoms with van der Waals surface area (Å²) in [6, 6.07) is 15.8. The first-order valence-corrected chi connectivity index (χ1v) is 7.66. The van der Waals surface area contributed by atoms with Gasteiger partial charge in [0.15, 0.2) is 0 Å². The Balaban J connectivity index is 2.04. The molecule has 0 atom stereocenters. The molecule has 0 radical (unpaired) electrons. The van der Waals surface area contributed by atoms with Crippen LogP contribution >= 0.6 is 11.6 Å². The van der Waals surface area contributed by atoms with Crippen LogP contribution in [-0.2, 0) is 16.1 Å². The first kappa shape index (κ1) is 17.5. The molecule has 0 spiro atoms. The predicted octanol–water partition coefficient (Wildman–Crippen LogP) is 3.20. The summed E-state index contributed by atoms with van der Waals surface area (Å²) in [5, 5.41) is 12.3. The Bertz CT molecular complexity index is 782. The number of nitrogens with zero attached hydrogens (tertiary/aromatic N) is 2. The lowest BCUT2D eigenvalue weighted by molar-refractivity contribution is -0.133. The van der Waals surface area contributed by atoms with Gasteiger partial charge in [-0.15, -0.1) is 0 Å². The zero-order valence-electron chi connectivity index (χ0n) is 13.1. The van der Waals surface area contributed by atoms with E-state index in [-0.39, 0.29) is 18.4 Å². The number of carbonyl (C=O) groups excluding carboxylic acids is 2. The van der Waals surface area contributed by atoms with Gasteiger partial charge in [-0.3, -0.25) is 9.59 Å². The van der Waals surface area contributed by atoms with Gasteiger partial charge >= 0.3 is 0 Å². The Kier molecular flexibility index (Phi) is 5.94. The molecule has 1 N–H and O–H groups in total. The topological polar surface area (TPSA) is 73.2 Å². The molecule has 0 fully saturated rings. The smallest absolute Gasteiger partial charge is 0.244 e. The van der Waals surface area contributed by atoms with Gasteiger partial charge in [0.1, 0.15) is 12.6 Å². The molecule has 0 saturated carbocycles. The predicted molar refractivity (Wildman–Crippen MR) is 92.3 cm³/mol. The minimum atomic E-state index is -0.359. The van der Waals surface area contributed by atoms with E-state index in [2.05, 4.69) is 5.32 Å². The highest BCUT2D eigenvalue weighted by atomic mass is 35.5. The Morgan fingerprint density at radius 1 is 1.17 bits per heavy atom. The van der Waals surface area contributed by atoms with Crippen LogP contribution in [0.1, 0.15) is 18.1 Å². The minimum Gasteiger partial charge on any atom is -0.329 e. The Hall–Kier alpha value is -2.84. The number of rotatable bonds is 5. The van der Waals surface area contributed by atoms with Crippen LogP contribution in [-0.4, -0.2) is 23.3 Å². The molecule has 2 rings (SSSR count). The quantitative estimate of drug-likeness (QED) is 0.907. The van der Waals surface area contributed by atoms with Gasteiger partial charge in [0.25, 0.3) is 0 Å². The number of amides is 2. The lowest BCUT2D eigenvalue weighted by atomic mass is 10.2. The summed E-state index contributed by atoms with van der Waals surface area (Å²) in [4.78, 5) is 25.4. The lowest BCUT2D eigenvalue weighted by Crippen LogP contribution is -2.36. The summed E-state index contributed by atoms with van der Waals surface area (Å²) in [6.07, 6.45) is 0. The zero-order valence-corrected chi connectivity index (χ0v) is 13.9. The van der Waals surface area contributed by atoms with E-state index < -0.39 is 0 Å². The monoisotopic (exact) mass is 341 g/mol. The van der Waals surface area contributed by atoms with E-state index in [0.717, 1.165) is 5.56 Å². The van der Waals surface area contributed by atoms with Crippen molar-refractivity contribution >= 4 is 29.1 Å². The second-order valence-corrected chi connectivity index (χ2v) is 5.64. The maximum atomic E-state index is 12.2. The number of hydrogen-bond donors (Lipinski definition) is 1. The first-order valence-electron chi connectivity index (χ1n) is 7.28. The van der Waals surface area contributed by atoms with Crippen molar-refractivity contribution in [3.8, 4) is 6.07 Å². The molecule has 24 heavy (non-hydrogen) atoms. The Labute approximate surface area is 145 Å². The molecule has 6 heteroatoms. The van der Waals surface area contributed by atoms with Crippen molar-refractivity contribution < 1.29 is 9.59 Å². The fourth-order valence-corrected chi connectivity index (χ4v) is 2.27. The third-order valence-electron chi connectivity index (χ3n) is 3.39. The van der Waals surface area contributed by atoms with Crippen LogP contribution in [0.25, 0.3) is 0 Å². The van der Waals surface area contributed by atoms with E-state index in [1.54, 1.807) is 48.5 Å². The molecule has 0 unspecified atom stereocenters. The van der Waals surface area contributed by atoms with Gasteiger partial charge in [-0.25, -0.2) is 0 Å². The van der Waals surface area contributed by atoms with Crippen molar-refractivity contribution in [2.24, 2.45) is 0 Å². The molecular weight excluding hydrogens is 326 g/mol. The highest BCUT2D eigenvalue weighted by Crippen LogP contribution is 2.14. The molecule has 0 aromatic heterocycles. The maximum Gasteiger partial charge on any atom is 0.244 e. The highest BCUT2D eigenvalue weighted by Gasteiger charge is 2.15. The van der Waals surface area contributed by atoms with Crippen LogP contribution < -0.4 is 5.32 Å². The van der Waals surface area contributed by atoms with E-state index in [9.17, 15) is 9.59 Å². The molecule has 0 aliphatic rings. The zero-order chi connectivity index (χ0) is 17.5. The molecule has 0 heterocycles. The van der Waals surface area contributed by atoms with Crippen molar-refractivity contribution in [2.75, 3.05) is 11.9 Å². The van der Waals surface area contributed by atoms with Gasteiger partial charge in [0.05, 0.1) is 11.3 Å². The molecule has 2 aromatic rings. The van der Waals surface area contributed by atoms with Crippen molar-refractivity contribution in [3.63, 3.8) is 0 Å². The summed E-state index contributed by atoms with van der Waals surface area (Å²) in [5.41, 5.74) is 1.68. The summed E-state index contributed by atoms with van der Waals surface area (Å²) >= 11 is 5.84. The van der Waals surface area contributed by atoms with Gasteiger partial charge in [0.2, 0.25) is 11.8 Å². The number of benzene rings is 2. The summed E-state index contributed by atoms with van der Waals surface area (Å²) in [6.45, 7) is 1.62. The van der Waals surface area contributed by atoms with Crippen LogP contribution in [0, 0.1) is 11.3 Å². The van der Waals surface area contributed by atoms with Crippen molar-refractivity contribution in [3.05, 3.63) is 64.7 Å². The summed E-state index contributed by atoms with van der Waals surface area (Å²) in [7, 11) is 0. The van der Waals surface area contributed by atoms with Crippen LogP contribution in [0.4, 0.5) is 5.69 Å². The fourth-order valence-electron chi connectivity index (χ4n) is 2.14. The third kappa shape index (κ3) is 4.83. The lowest BCUT2D eigenvalue weighted by Gasteiger charge is -2.21. The number of halogens is 1. The highest BCUT2D eigenvalue weighted by molar-refractivity contribution is 6.30. The van der Waals surface area contributed by atoms with E-state index >= 15 is 0 Å². The number of hydrogen-bond acceptors (Lipinski definition) is 3. The number of nitriles is 1. The third-order valence-corrected chi connectivity index (χ3v) is 3.64.